The van der Waals surface area contributed by atoms with E-state index in [1.54, 1.807) is 44.2 Å². The minimum absolute atomic E-state index is 0.0619. The molecule has 1 aliphatic carbocycles. The number of anilines is 2. The smallest absolute Gasteiger partial charge is 0.265 e. The van der Waals surface area contributed by atoms with Gasteiger partial charge >= 0.3 is 0 Å². The number of halogens is 1. The number of carbonyl (C=O) groups is 2. The minimum atomic E-state index is -4.19. The fourth-order valence-electron chi connectivity index (χ4n) is 5.58. The maximum absolute atomic E-state index is 14.0. The molecule has 2 fully saturated rings. The van der Waals surface area contributed by atoms with Gasteiger partial charge in [0.15, 0.2) is 0 Å². The number of aryl methyl sites for hydroxylation is 2. The molecule has 204 valence electrons. The van der Waals surface area contributed by atoms with Crippen LogP contribution < -0.4 is 14.9 Å². The molecule has 0 radical (unpaired) electrons. The third-order valence-electron chi connectivity index (χ3n) is 7.94. The van der Waals surface area contributed by atoms with Crippen molar-refractivity contribution in [2.75, 3.05) is 29.3 Å². The molecule has 2 N–H and O–H groups in total. The van der Waals surface area contributed by atoms with Gasteiger partial charge in [0, 0.05) is 17.6 Å². The summed E-state index contributed by atoms with van der Waals surface area (Å²) in [6, 6.07) is 9.44. The molecule has 38 heavy (non-hydrogen) atoms. The van der Waals surface area contributed by atoms with Crippen LogP contribution in [0.15, 0.2) is 41.3 Å². The topological polar surface area (TPSA) is 98.8 Å². The Morgan fingerprint density at radius 2 is 1.79 bits per heavy atom. The second-order valence-corrected chi connectivity index (χ2v) is 12.9. The molecule has 2 aromatic rings. The van der Waals surface area contributed by atoms with E-state index >= 15 is 0 Å². The Labute approximate surface area is 229 Å². The van der Waals surface area contributed by atoms with Gasteiger partial charge in [-0.3, -0.25) is 13.9 Å². The highest BCUT2D eigenvalue weighted by molar-refractivity contribution is 7.93. The molecule has 1 unspecified atom stereocenters. The highest BCUT2D eigenvalue weighted by Gasteiger charge is 2.42. The van der Waals surface area contributed by atoms with Crippen LogP contribution in [0.1, 0.15) is 49.7 Å². The number of fused-ring (bicyclic) bond motifs is 1. The number of amides is 2. The number of piperidine rings is 1. The van der Waals surface area contributed by atoms with Crippen molar-refractivity contribution < 1.29 is 18.0 Å². The zero-order valence-corrected chi connectivity index (χ0v) is 23.4. The lowest BCUT2D eigenvalue weighted by Crippen LogP contribution is -2.53. The van der Waals surface area contributed by atoms with E-state index in [1.807, 2.05) is 0 Å². The summed E-state index contributed by atoms with van der Waals surface area (Å²) in [6.45, 7) is 6.17. The number of likely N-dealkylation sites (tertiary alicyclic amines) is 1. The zero-order valence-electron chi connectivity index (χ0n) is 21.9. The predicted molar refractivity (Wildman–Crippen MR) is 149 cm³/mol. The van der Waals surface area contributed by atoms with Crippen molar-refractivity contribution in [3.8, 4) is 0 Å². The fraction of sp³-hybridized carbons (Fsp3) is 0.500. The largest absolute Gasteiger partial charge is 0.356 e. The molecule has 0 aromatic heterocycles. The fourth-order valence-corrected chi connectivity index (χ4v) is 7.73. The first kappa shape index (κ1) is 27.0. The Kier molecular flexibility index (Phi) is 7.71. The van der Waals surface area contributed by atoms with Crippen molar-refractivity contribution in [1.29, 1.82) is 0 Å². The number of sulfonamides is 1. The standard InChI is InChI=1S/C28H35ClN4O4S/c1-18-16-26(19(2)15-22(18)29)38(36,37)33-24-6-4-3-5-23(24)31-28(35)25(33)17-27(34)30-12-9-20-10-13-32(14-11-20)21-7-8-21/h3-6,15-16,20-21,25H,7-14,17H2,1-2H3,(H,30,34)(H,31,35). The zero-order chi connectivity index (χ0) is 27.0. The van der Waals surface area contributed by atoms with E-state index in [4.69, 9.17) is 11.6 Å². The van der Waals surface area contributed by atoms with Gasteiger partial charge in [-0.05, 0) is 100 Å². The van der Waals surface area contributed by atoms with Gasteiger partial charge in [0.2, 0.25) is 11.8 Å². The van der Waals surface area contributed by atoms with Gasteiger partial charge in [0.1, 0.15) is 6.04 Å². The number of nitrogens with zero attached hydrogens (tertiary/aromatic N) is 2. The van der Waals surface area contributed by atoms with Crippen LogP contribution in [0, 0.1) is 19.8 Å². The van der Waals surface area contributed by atoms with Gasteiger partial charge in [-0.1, -0.05) is 23.7 Å². The molecular formula is C28H35ClN4O4S. The molecule has 0 bridgehead atoms. The van der Waals surface area contributed by atoms with Crippen LogP contribution in [0.2, 0.25) is 5.02 Å². The Hall–Kier alpha value is -2.62. The van der Waals surface area contributed by atoms with Gasteiger partial charge in [-0.25, -0.2) is 8.42 Å². The van der Waals surface area contributed by atoms with Gasteiger partial charge in [0.05, 0.1) is 22.7 Å². The second kappa shape index (κ2) is 10.9. The lowest BCUT2D eigenvalue weighted by atomic mass is 9.93. The minimum Gasteiger partial charge on any atom is -0.356 e. The van der Waals surface area contributed by atoms with E-state index in [0.717, 1.165) is 42.7 Å². The van der Waals surface area contributed by atoms with Crippen molar-refractivity contribution in [3.63, 3.8) is 0 Å². The molecule has 8 nitrogen and oxygen atoms in total. The SMILES string of the molecule is Cc1cc(S(=O)(=O)N2c3ccccc3NC(=O)C2CC(=O)NCCC2CCN(C3CC3)CC2)c(C)cc1Cl. The van der Waals surface area contributed by atoms with E-state index in [9.17, 15) is 18.0 Å². The van der Waals surface area contributed by atoms with Crippen molar-refractivity contribution >= 4 is 44.8 Å². The highest BCUT2D eigenvalue weighted by atomic mass is 35.5. The summed E-state index contributed by atoms with van der Waals surface area (Å²) in [7, 11) is -4.19. The van der Waals surface area contributed by atoms with E-state index in [1.165, 1.54) is 18.9 Å². The third kappa shape index (κ3) is 5.55. The summed E-state index contributed by atoms with van der Waals surface area (Å²) in [5, 5.41) is 6.18. The molecule has 1 saturated heterocycles. The summed E-state index contributed by atoms with van der Waals surface area (Å²) in [6.07, 6.45) is 5.54. The number of benzene rings is 2. The lowest BCUT2D eigenvalue weighted by molar-refractivity contribution is -0.125. The summed E-state index contributed by atoms with van der Waals surface area (Å²) in [4.78, 5) is 28.8. The Bertz CT molecular complexity index is 1340. The number of nitrogens with one attached hydrogen (secondary N) is 2. The second-order valence-electron chi connectivity index (χ2n) is 10.7. The summed E-state index contributed by atoms with van der Waals surface area (Å²) in [5.41, 5.74) is 1.81. The summed E-state index contributed by atoms with van der Waals surface area (Å²) in [5.74, 6) is -0.300. The van der Waals surface area contributed by atoms with Crippen LogP contribution in [0.25, 0.3) is 0 Å². The normalized spacial score (nSPS) is 20.7. The van der Waals surface area contributed by atoms with Gasteiger partial charge in [0.25, 0.3) is 10.0 Å². The van der Waals surface area contributed by atoms with Gasteiger partial charge in [-0.15, -0.1) is 0 Å². The Morgan fingerprint density at radius 1 is 1.08 bits per heavy atom. The van der Waals surface area contributed by atoms with Crippen LogP contribution >= 0.6 is 11.6 Å². The van der Waals surface area contributed by atoms with Crippen molar-refractivity contribution in [1.82, 2.24) is 10.2 Å². The number of para-hydroxylation sites is 2. The lowest BCUT2D eigenvalue weighted by Gasteiger charge is -2.37. The summed E-state index contributed by atoms with van der Waals surface area (Å²) >= 11 is 6.22. The first-order chi connectivity index (χ1) is 18.1. The molecule has 2 aromatic carbocycles. The molecule has 1 atom stereocenters. The van der Waals surface area contributed by atoms with Gasteiger partial charge < -0.3 is 15.5 Å². The molecule has 10 heteroatoms. The molecular weight excluding hydrogens is 524 g/mol. The van der Waals surface area contributed by atoms with Crippen LogP contribution in [0.3, 0.4) is 0 Å². The third-order valence-corrected chi connectivity index (χ3v) is 10.3. The van der Waals surface area contributed by atoms with Gasteiger partial charge in [-0.2, -0.15) is 0 Å². The predicted octanol–water partition coefficient (Wildman–Crippen LogP) is 4.24. The average molecular weight is 559 g/mol. The van der Waals surface area contributed by atoms with Crippen molar-refractivity contribution in [3.05, 3.63) is 52.5 Å². The van der Waals surface area contributed by atoms with Crippen molar-refractivity contribution in [2.24, 2.45) is 5.92 Å². The quantitative estimate of drug-likeness (QED) is 0.505. The highest BCUT2D eigenvalue weighted by Crippen LogP contribution is 2.38. The first-order valence-electron chi connectivity index (χ1n) is 13.4. The van der Waals surface area contributed by atoms with Crippen LogP contribution in [0.4, 0.5) is 11.4 Å². The van der Waals surface area contributed by atoms with Crippen LogP contribution in [-0.2, 0) is 19.6 Å². The first-order valence-corrected chi connectivity index (χ1v) is 15.2. The van der Waals surface area contributed by atoms with Crippen molar-refractivity contribution in [2.45, 2.75) is 69.4 Å². The van der Waals surface area contributed by atoms with Crippen LogP contribution in [-0.4, -0.2) is 56.9 Å². The maximum atomic E-state index is 14.0. The number of rotatable bonds is 8. The monoisotopic (exact) mass is 558 g/mol. The molecule has 0 spiro atoms. The number of carbonyl (C=O) groups excluding carboxylic acids is 2. The molecule has 1 saturated carbocycles. The number of hydrogen-bond donors (Lipinski definition) is 2. The maximum Gasteiger partial charge on any atom is 0.265 e. The molecule has 2 aliphatic heterocycles. The van der Waals surface area contributed by atoms with E-state index in [0.29, 0.717) is 40.0 Å². The van der Waals surface area contributed by atoms with E-state index in [2.05, 4.69) is 15.5 Å². The van der Waals surface area contributed by atoms with E-state index in [-0.39, 0.29) is 17.2 Å². The summed E-state index contributed by atoms with van der Waals surface area (Å²) < 4.78 is 29.2. The van der Waals surface area contributed by atoms with E-state index < -0.39 is 22.0 Å². The molecule has 2 heterocycles. The number of hydrogen-bond acceptors (Lipinski definition) is 5. The average Bonchev–Trinajstić information content (AvgIpc) is 3.72. The van der Waals surface area contributed by atoms with Crippen LogP contribution in [0.5, 0.6) is 0 Å². The molecule has 5 rings (SSSR count). The Balaban J connectivity index is 1.31. The Morgan fingerprint density at radius 3 is 2.50 bits per heavy atom. The molecule has 3 aliphatic rings. The molecule has 2 amide bonds.